The Hall–Kier alpha value is -0.610. The Bertz CT molecular complexity index is 343. The SMILES string of the molecule is CC1CCC(C(=O)O)C(N2CCN(C)C(C)(C)C2)C1. The molecular weight excluding hydrogens is 240 g/mol. The summed E-state index contributed by atoms with van der Waals surface area (Å²) in [5, 5.41) is 9.47. The van der Waals surface area contributed by atoms with Crippen molar-refractivity contribution in [2.45, 2.75) is 51.6 Å². The van der Waals surface area contributed by atoms with Crippen LogP contribution in [0.1, 0.15) is 40.0 Å². The molecule has 1 heterocycles. The van der Waals surface area contributed by atoms with Crippen molar-refractivity contribution in [2.75, 3.05) is 26.7 Å². The van der Waals surface area contributed by atoms with Crippen molar-refractivity contribution in [2.24, 2.45) is 11.8 Å². The Balaban J connectivity index is 2.11. The highest BCUT2D eigenvalue weighted by Crippen LogP contribution is 2.34. The summed E-state index contributed by atoms with van der Waals surface area (Å²) >= 11 is 0. The lowest BCUT2D eigenvalue weighted by Gasteiger charge is -2.50. The van der Waals surface area contributed by atoms with Gasteiger partial charge in [-0.2, -0.15) is 0 Å². The molecule has 2 rings (SSSR count). The van der Waals surface area contributed by atoms with Crippen LogP contribution in [0, 0.1) is 11.8 Å². The summed E-state index contributed by atoms with van der Waals surface area (Å²) in [6.45, 7) is 9.77. The van der Waals surface area contributed by atoms with E-state index in [-0.39, 0.29) is 17.5 Å². The van der Waals surface area contributed by atoms with Crippen LogP contribution in [0.3, 0.4) is 0 Å². The molecule has 2 aliphatic rings. The average Bonchev–Trinajstić information content (AvgIpc) is 2.32. The largest absolute Gasteiger partial charge is 0.481 e. The van der Waals surface area contributed by atoms with E-state index in [1.54, 1.807) is 0 Å². The van der Waals surface area contributed by atoms with Gasteiger partial charge in [-0.25, -0.2) is 0 Å². The van der Waals surface area contributed by atoms with Crippen molar-refractivity contribution in [1.29, 1.82) is 0 Å². The van der Waals surface area contributed by atoms with E-state index in [9.17, 15) is 9.90 Å². The number of hydrogen-bond donors (Lipinski definition) is 1. The van der Waals surface area contributed by atoms with Gasteiger partial charge in [0.2, 0.25) is 0 Å². The number of rotatable bonds is 2. The van der Waals surface area contributed by atoms with Crippen LogP contribution in [0.15, 0.2) is 0 Å². The zero-order valence-corrected chi connectivity index (χ0v) is 12.7. The maximum atomic E-state index is 11.5. The van der Waals surface area contributed by atoms with Crippen LogP contribution in [0.5, 0.6) is 0 Å². The Labute approximate surface area is 116 Å². The minimum Gasteiger partial charge on any atom is -0.481 e. The predicted molar refractivity (Wildman–Crippen MR) is 76.2 cm³/mol. The van der Waals surface area contributed by atoms with E-state index in [2.05, 4.69) is 37.6 Å². The smallest absolute Gasteiger partial charge is 0.308 e. The lowest BCUT2D eigenvalue weighted by molar-refractivity contribution is -0.147. The molecule has 1 saturated heterocycles. The summed E-state index contributed by atoms with van der Waals surface area (Å²) in [4.78, 5) is 16.3. The molecule has 1 saturated carbocycles. The summed E-state index contributed by atoms with van der Waals surface area (Å²) in [5.41, 5.74) is 0.141. The topological polar surface area (TPSA) is 43.8 Å². The van der Waals surface area contributed by atoms with Gasteiger partial charge in [-0.3, -0.25) is 14.6 Å². The number of carboxylic acid groups (broad SMARTS) is 1. The third-order valence-corrected chi connectivity index (χ3v) is 5.21. The fourth-order valence-electron chi connectivity index (χ4n) is 3.60. The van der Waals surface area contributed by atoms with Crippen LogP contribution in [-0.4, -0.2) is 59.1 Å². The minimum absolute atomic E-state index is 0.141. The van der Waals surface area contributed by atoms with Crippen molar-refractivity contribution in [1.82, 2.24) is 9.80 Å². The number of carbonyl (C=O) groups is 1. The maximum Gasteiger partial charge on any atom is 0.308 e. The second-order valence-electron chi connectivity index (χ2n) is 7.13. The van der Waals surface area contributed by atoms with E-state index in [0.29, 0.717) is 5.92 Å². The zero-order chi connectivity index (χ0) is 14.2. The van der Waals surface area contributed by atoms with Crippen molar-refractivity contribution in [3.8, 4) is 0 Å². The van der Waals surface area contributed by atoms with Gasteiger partial charge in [0, 0.05) is 31.2 Å². The summed E-state index contributed by atoms with van der Waals surface area (Å²) in [6, 6.07) is 0.231. The standard InChI is InChI=1S/C15H28N2O2/c1-11-5-6-12(14(18)19)13(9-11)17-8-7-16(4)15(2,3)10-17/h11-13H,5-10H2,1-4H3,(H,18,19). The molecule has 4 heteroatoms. The predicted octanol–water partition coefficient (Wildman–Crippen LogP) is 1.90. The van der Waals surface area contributed by atoms with E-state index < -0.39 is 5.97 Å². The quantitative estimate of drug-likeness (QED) is 0.831. The highest BCUT2D eigenvalue weighted by molar-refractivity contribution is 5.71. The van der Waals surface area contributed by atoms with Gasteiger partial charge < -0.3 is 5.11 Å². The molecule has 1 aliphatic carbocycles. The molecule has 3 atom stereocenters. The number of hydrogen-bond acceptors (Lipinski definition) is 3. The molecule has 0 spiro atoms. The van der Waals surface area contributed by atoms with E-state index in [0.717, 1.165) is 38.9 Å². The van der Waals surface area contributed by atoms with Gasteiger partial charge in [0.05, 0.1) is 5.92 Å². The highest BCUT2D eigenvalue weighted by Gasteiger charge is 2.41. The van der Waals surface area contributed by atoms with Crippen LogP contribution in [0.2, 0.25) is 0 Å². The second kappa shape index (κ2) is 5.41. The molecule has 1 aliphatic heterocycles. The molecule has 0 amide bonds. The molecule has 0 aromatic carbocycles. The molecule has 4 nitrogen and oxygen atoms in total. The number of nitrogens with zero attached hydrogens (tertiary/aromatic N) is 2. The Morgan fingerprint density at radius 2 is 1.95 bits per heavy atom. The average molecular weight is 268 g/mol. The van der Waals surface area contributed by atoms with Crippen LogP contribution < -0.4 is 0 Å². The maximum absolute atomic E-state index is 11.5. The van der Waals surface area contributed by atoms with Gasteiger partial charge in [-0.15, -0.1) is 0 Å². The molecule has 2 fully saturated rings. The number of likely N-dealkylation sites (N-methyl/N-ethyl adjacent to an activating group) is 1. The Morgan fingerprint density at radius 3 is 2.53 bits per heavy atom. The first kappa shape index (κ1) is 14.8. The lowest BCUT2D eigenvalue weighted by Crippen LogP contribution is -2.62. The zero-order valence-electron chi connectivity index (χ0n) is 12.7. The van der Waals surface area contributed by atoms with Crippen LogP contribution in [0.25, 0.3) is 0 Å². The van der Waals surface area contributed by atoms with Gasteiger partial charge >= 0.3 is 5.97 Å². The van der Waals surface area contributed by atoms with Gasteiger partial charge in [0.1, 0.15) is 0 Å². The van der Waals surface area contributed by atoms with E-state index in [4.69, 9.17) is 0 Å². The first-order valence-corrected chi connectivity index (χ1v) is 7.49. The van der Waals surface area contributed by atoms with Crippen LogP contribution in [-0.2, 0) is 4.79 Å². The Morgan fingerprint density at radius 1 is 1.26 bits per heavy atom. The molecule has 3 unspecified atom stereocenters. The van der Waals surface area contributed by atoms with Crippen molar-refractivity contribution >= 4 is 5.97 Å². The van der Waals surface area contributed by atoms with Crippen molar-refractivity contribution in [3.63, 3.8) is 0 Å². The fraction of sp³-hybridized carbons (Fsp3) is 0.933. The monoisotopic (exact) mass is 268 g/mol. The Kier molecular flexibility index (Phi) is 4.21. The van der Waals surface area contributed by atoms with E-state index in [1.807, 2.05) is 0 Å². The van der Waals surface area contributed by atoms with Crippen molar-refractivity contribution in [3.05, 3.63) is 0 Å². The lowest BCUT2D eigenvalue weighted by atomic mass is 9.77. The summed E-state index contributed by atoms with van der Waals surface area (Å²) in [6.07, 6.45) is 2.94. The van der Waals surface area contributed by atoms with Gasteiger partial charge in [-0.05, 0) is 46.1 Å². The minimum atomic E-state index is -0.603. The molecule has 0 bridgehead atoms. The first-order valence-electron chi connectivity index (χ1n) is 7.49. The molecule has 1 N–H and O–H groups in total. The summed E-state index contributed by atoms with van der Waals surface area (Å²) < 4.78 is 0. The summed E-state index contributed by atoms with van der Waals surface area (Å²) in [7, 11) is 2.16. The fourth-order valence-corrected chi connectivity index (χ4v) is 3.60. The first-order chi connectivity index (χ1) is 8.81. The molecular formula is C15H28N2O2. The molecule has 0 radical (unpaired) electrons. The van der Waals surface area contributed by atoms with E-state index >= 15 is 0 Å². The summed E-state index contributed by atoms with van der Waals surface area (Å²) in [5.74, 6) is -0.118. The third-order valence-electron chi connectivity index (χ3n) is 5.21. The van der Waals surface area contributed by atoms with Crippen LogP contribution >= 0.6 is 0 Å². The van der Waals surface area contributed by atoms with Crippen LogP contribution in [0.4, 0.5) is 0 Å². The highest BCUT2D eigenvalue weighted by atomic mass is 16.4. The number of aliphatic carboxylic acids is 1. The molecule has 0 aromatic rings. The van der Waals surface area contributed by atoms with Crippen molar-refractivity contribution < 1.29 is 9.90 Å². The van der Waals surface area contributed by atoms with Gasteiger partial charge in [0.25, 0.3) is 0 Å². The molecule has 0 aromatic heterocycles. The number of piperazine rings is 1. The second-order valence-corrected chi connectivity index (χ2v) is 7.13. The van der Waals surface area contributed by atoms with E-state index in [1.165, 1.54) is 0 Å². The third kappa shape index (κ3) is 3.11. The molecule has 19 heavy (non-hydrogen) atoms. The molecule has 110 valence electrons. The van der Waals surface area contributed by atoms with Gasteiger partial charge in [0.15, 0.2) is 0 Å². The number of carboxylic acids is 1. The van der Waals surface area contributed by atoms with Gasteiger partial charge in [-0.1, -0.05) is 6.92 Å². The normalized spacial score (nSPS) is 37.2.